The molecule has 1 aromatic heterocycles. The van der Waals surface area contributed by atoms with Crippen molar-refractivity contribution in [3.63, 3.8) is 0 Å². The number of aromatic nitrogens is 2. The zero-order chi connectivity index (χ0) is 13.4. The molecule has 2 aromatic rings. The van der Waals surface area contributed by atoms with Gasteiger partial charge in [0.2, 0.25) is 0 Å². The normalized spacial score (nSPS) is 14.5. The van der Waals surface area contributed by atoms with Gasteiger partial charge in [-0.3, -0.25) is 0 Å². The Morgan fingerprint density at radius 1 is 1.42 bits per heavy atom. The summed E-state index contributed by atoms with van der Waals surface area (Å²) in [6, 6.07) is 6.12. The average molecular weight is 277 g/mol. The van der Waals surface area contributed by atoms with E-state index in [9.17, 15) is 0 Å². The largest absolute Gasteiger partial charge is 0.398 e. The van der Waals surface area contributed by atoms with Gasteiger partial charge in [0.05, 0.1) is 12.7 Å². The molecule has 1 aliphatic heterocycles. The Bertz CT molecular complexity index is 605. The van der Waals surface area contributed by atoms with Crippen molar-refractivity contribution in [3.05, 3.63) is 40.9 Å². The van der Waals surface area contributed by atoms with Crippen LogP contribution in [-0.4, -0.2) is 16.1 Å². The second-order valence-corrected chi connectivity index (χ2v) is 5.31. The first-order valence-electron chi connectivity index (χ1n) is 6.45. The number of benzene rings is 1. The number of nitrogen functional groups attached to an aromatic ring is 1. The summed E-state index contributed by atoms with van der Waals surface area (Å²) in [5.41, 5.74) is 9.44. The highest BCUT2D eigenvalue weighted by molar-refractivity contribution is 6.29. The van der Waals surface area contributed by atoms with Crippen LogP contribution in [0.25, 0.3) is 0 Å². The predicted molar refractivity (Wildman–Crippen MR) is 78.4 cm³/mol. The van der Waals surface area contributed by atoms with E-state index in [4.69, 9.17) is 17.3 Å². The Kier molecular flexibility index (Phi) is 3.11. The number of imidazole rings is 1. The molecule has 0 unspecified atom stereocenters. The van der Waals surface area contributed by atoms with Gasteiger partial charge in [-0.2, -0.15) is 0 Å². The summed E-state index contributed by atoms with van der Waals surface area (Å²) in [6.07, 6.45) is 3.88. The topological polar surface area (TPSA) is 47.1 Å². The van der Waals surface area contributed by atoms with Crippen molar-refractivity contribution in [2.75, 3.05) is 17.2 Å². The summed E-state index contributed by atoms with van der Waals surface area (Å²) in [5.74, 6) is 0.972. The van der Waals surface area contributed by atoms with Crippen LogP contribution in [0.15, 0.2) is 24.4 Å². The fraction of sp³-hybridized carbons (Fsp3) is 0.357. The number of anilines is 2. The van der Waals surface area contributed by atoms with Gasteiger partial charge < -0.3 is 15.2 Å². The maximum atomic E-state index is 6.06. The summed E-state index contributed by atoms with van der Waals surface area (Å²) in [7, 11) is 1.94. The van der Waals surface area contributed by atoms with Crippen molar-refractivity contribution in [3.8, 4) is 0 Å². The molecule has 0 saturated carbocycles. The third-order valence-electron chi connectivity index (χ3n) is 3.74. The van der Waals surface area contributed by atoms with Crippen molar-refractivity contribution < 1.29 is 0 Å². The lowest BCUT2D eigenvalue weighted by molar-refractivity contribution is 0.658. The van der Waals surface area contributed by atoms with E-state index in [1.54, 1.807) is 6.20 Å². The summed E-state index contributed by atoms with van der Waals surface area (Å²) in [5, 5.41) is 0.666. The van der Waals surface area contributed by atoms with E-state index in [2.05, 4.69) is 16.0 Å². The van der Waals surface area contributed by atoms with Crippen molar-refractivity contribution in [2.45, 2.75) is 19.4 Å². The number of halogens is 1. The number of rotatable bonds is 2. The summed E-state index contributed by atoms with van der Waals surface area (Å²) in [6.45, 7) is 1.79. The molecule has 0 fully saturated rings. The molecule has 0 saturated heterocycles. The first-order valence-corrected chi connectivity index (χ1v) is 6.83. The highest BCUT2D eigenvalue weighted by atomic mass is 35.5. The lowest BCUT2D eigenvalue weighted by Gasteiger charge is -2.31. The molecular weight excluding hydrogens is 260 g/mol. The summed E-state index contributed by atoms with van der Waals surface area (Å²) >= 11 is 6.03. The van der Waals surface area contributed by atoms with E-state index < -0.39 is 0 Å². The zero-order valence-electron chi connectivity index (χ0n) is 10.9. The number of fused-ring (bicyclic) bond motifs is 1. The fourth-order valence-electron chi connectivity index (χ4n) is 2.63. The smallest absolute Gasteiger partial charge is 0.129 e. The Hall–Kier alpha value is -1.68. The fourth-order valence-corrected chi connectivity index (χ4v) is 2.78. The number of nitrogens with two attached hydrogens (primary N) is 1. The van der Waals surface area contributed by atoms with E-state index >= 15 is 0 Å². The molecule has 100 valence electrons. The van der Waals surface area contributed by atoms with Crippen molar-refractivity contribution >= 4 is 23.0 Å². The second-order valence-electron chi connectivity index (χ2n) is 4.93. The van der Waals surface area contributed by atoms with Crippen LogP contribution in [0, 0.1) is 0 Å². The Morgan fingerprint density at radius 2 is 2.26 bits per heavy atom. The van der Waals surface area contributed by atoms with E-state index in [-0.39, 0.29) is 0 Å². The molecule has 0 atom stereocenters. The van der Waals surface area contributed by atoms with E-state index in [0.717, 1.165) is 37.4 Å². The van der Waals surface area contributed by atoms with Crippen LogP contribution in [0.5, 0.6) is 0 Å². The van der Waals surface area contributed by atoms with Gasteiger partial charge in [-0.15, -0.1) is 0 Å². The van der Waals surface area contributed by atoms with Crippen molar-refractivity contribution in [1.29, 1.82) is 0 Å². The molecule has 3 rings (SSSR count). The third kappa shape index (κ3) is 2.16. The van der Waals surface area contributed by atoms with E-state index in [0.29, 0.717) is 5.15 Å². The molecule has 0 bridgehead atoms. The lowest BCUT2D eigenvalue weighted by atomic mass is 10.00. The zero-order valence-corrected chi connectivity index (χ0v) is 11.7. The maximum Gasteiger partial charge on any atom is 0.129 e. The second kappa shape index (κ2) is 4.78. The number of hydrogen-bond acceptors (Lipinski definition) is 3. The summed E-state index contributed by atoms with van der Waals surface area (Å²) < 4.78 is 1.92. The van der Waals surface area contributed by atoms with Crippen LogP contribution in [0.1, 0.15) is 17.8 Å². The van der Waals surface area contributed by atoms with Crippen LogP contribution >= 0.6 is 11.6 Å². The minimum absolute atomic E-state index is 0.666. The van der Waals surface area contributed by atoms with E-state index in [1.165, 1.54) is 11.3 Å². The highest BCUT2D eigenvalue weighted by Gasteiger charge is 2.20. The van der Waals surface area contributed by atoms with Crippen molar-refractivity contribution in [2.24, 2.45) is 7.05 Å². The molecule has 0 spiro atoms. The third-order valence-corrected chi connectivity index (χ3v) is 4.09. The standard InChI is InChI=1S/C14H17ClN4/c1-18-13(15)8-17-14(18)9-19-7-3-4-10-11(16)5-2-6-12(10)19/h2,5-6,8H,3-4,7,9,16H2,1H3. The highest BCUT2D eigenvalue weighted by Crippen LogP contribution is 2.32. The molecule has 2 N–H and O–H groups in total. The Labute approximate surface area is 117 Å². The summed E-state index contributed by atoms with van der Waals surface area (Å²) in [4.78, 5) is 6.69. The minimum Gasteiger partial charge on any atom is -0.398 e. The van der Waals surface area contributed by atoms with Crippen LogP contribution in [-0.2, 0) is 20.0 Å². The monoisotopic (exact) mass is 276 g/mol. The van der Waals surface area contributed by atoms with Gasteiger partial charge in [0, 0.05) is 25.0 Å². The van der Waals surface area contributed by atoms with Gasteiger partial charge in [0.25, 0.3) is 0 Å². The van der Waals surface area contributed by atoms with Gasteiger partial charge in [-0.05, 0) is 30.5 Å². The average Bonchev–Trinajstić information content (AvgIpc) is 2.72. The molecule has 1 aromatic carbocycles. The van der Waals surface area contributed by atoms with Gasteiger partial charge >= 0.3 is 0 Å². The lowest BCUT2D eigenvalue weighted by Crippen LogP contribution is -2.30. The van der Waals surface area contributed by atoms with Gasteiger partial charge in [0.1, 0.15) is 11.0 Å². The van der Waals surface area contributed by atoms with Crippen LogP contribution < -0.4 is 10.6 Å². The van der Waals surface area contributed by atoms with Gasteiger partial charge in [0.15, 0.2) is 0 Å². The molecule has 0 radical (unpaired) electrons. The molecule has 1 aliphatic rings. The minimum atomic E-state index is 0.666. The molecule has 5 heteroatoms. The van der Waals surface area contributed by atoms with Gasteiger partial charge in [-0.1, -0.05) is 17.7 Å². The number of nitrogens with zero attached hydrogens (tertiary/aromatic N) is 3. The Balaban J connectivity index is 1.92. The van der Waals surface area contributed by atoms with Crippen LogP contribution in [0.3, 0.4) is 0 Å². The van der Waals surface area contributed by atoms with Gasteiger partial charge in [-0.25, -0.2) is 4.98 Å². The molecule has 4 nitrogen and oxygen atoms in total. The molecule has 19 heavy (non-hydrogen) atoms. The maximum absolute atomic E-state index is 6.06. The quantitative estimate of drug-likeness (QED) is 0.858. The molecular formula is C14H17ClN4. The predicted octanol–water partition coefficient (Wildman–Crippen LogP) is 2.61. The first-order chi connectivity index (χ1) is 9.16. The molecule has 0 amide bonds. The van der Waals surface area contributed by atoms with Crippen LogP contribution in [0.2, 0.25) is 5.15 Å². The SMILES string of the molecule is Cn1c(Cl)cnc1CN1CCCc2c(N)cccc21. The first kappa shape index (κ1) is 12.4. The molecule has 2 heterocycles. The van der Waals surface area contributed by atoms with Crippen LogP contribution in [0.4, 0.5) is 11.4 Å². The Morgan fingerprint density at radius 3 is 3.00 bits per heavy atom. The van der Waals surface area contributed by atoms with Crippen molar-refractivity contribution in [1.82, 2.24) is 9.55 Å². The van der Waals surface area contributed by atoms with E-state index in [1.807, 2.05) is 23.7 Å². The number of hydrogen-bond donors (Lipinski definition) is 1. The molecule has 0 aliphatic carbocycles.